The van der Waals surface area contributed by atoms with Gasteiger partial charge >= 0.3 is 6.09 Å². The van der Waals surface area contributed by atoms with E-state index in [-0.39, 0.29) is 12.0 Å². The number of thiazole rings is 1. The summed E-state index contributed by atoms with van der Waals surface area (Å²) >= 11 is 1.25. The van der Waals surface area contributed by atoms with Gasteiger partial charge in [-0.3, -0.25) is 9.69 Å². The lowest BCUT2D eigenvalue weighted by molar-refractivity contribution is 0.0358. The molecule has 0 bridgehead atoms. The van der Waals surface area contributed by atoms with Gasteiger partial charge in [0.05, 0.1) is 5.54 Å². The number of nitrogen functional groups attached to an aromatic ring is 1. The van der Waals surface area contributed by atoms with Crippen molar-refractivity contribution in [3.8, 4) is 0 Å². The molecule has 2 aliphatic heterocycles. The van der Waals surface area contributed by atoms with E-state index in [1.165, 1.54) is 11.3 Å². The molecule has 2 amide bonds. The molecule has 0 aliphatic carbocycles. The van der Waals surface area contributed by atoms with Crippen LogP contribution in [0.3, 0.4) is 0 Å². The molecule has 0 radical (unpaired) electrons. The van der Waals surface area contributed by atoms with Crippen molar-refractivity contribution >= 4 is 28.5 Å². The average molecular weight is 296 g/mol. The number of aromatic nitrogens is 1. The Kier molecular flexibility index (Phi) is 3.04. The second kappa shape index (κ2) is 4.62. The minimum Gasteiger partial charge on any atom is -0.447 e. The third kappa shape index (κ3) is 1.91. The zero-order valence-electron chi connectivity index (χ0n) is 11.2. The highest BCUT2D eigenvalue weighted by molar-refractivity contribution is 7.13. The van der Waals surface area contributed by atoms with Gasteiger partial charge in [-0.05, 0) is 6.42 Å². The second-order valence-corrected chi connectivity index (χ2v) is 5.97. The van der Waals surface area contributed by atoms with E-state index < -0.39 is 5.54 Å². The summed E-state index contributed by atoms with van der Waals surface area (Å²) in [4.78, 5) is 31.6. The van der Waals surface area contributed by atoms with Gasteiger partial charge < -0.3 is 15.4 Å². The third-order valence-corrected chi connectivity index (χ3v) is 4.70. The minimum atomic E-state index is -0.396. The number of nitrogens with zero attached hydrogens (tertiary/aromatic N) is 3. The third-order valence-electron chi connectivity index (χ3n) is 4.02. The van der Waals surface area contributed by atoms with Gasteiger partial charge in [0.1, 0.15) is 12.3 Å². The van der Waals surface area contributed by atoms with Crippen LogP contribution in [0.5, 0.6) is 0 Å². The quantitative estimate of drug-likeness (QED) is 0.871. The number of rotatable bonds is 2. The van der Waals surface area contributed by atoms with Crippen molar-refractivity contribution in [3.05, 3.63) is 11.1 Å². The molecule has 1 unspecified atom stereocenters. The molecule has 20 heavy (non-hydrogen) atoms. The van der Waals surface area contributed by atoms with E-state index in [4.69, 9.17) is 10.5 Å². The number of anilines is 1. The number of hydrogen-bond acceptors (Lipinski definition) is 6. The highest BCUT2D eigenvalue weighted by Crippen LogP contribution is 2.32. The van der Waals surface area contributed by atoms with Crippen molar-refractivity contribution in [2.75, 3.05) is 32.0 Å². The Bertz CT molecular complexity index is 561. The monoisotopic (exact) mass is 296 g/mol. The largest absolute Gasteiger partial charge is 0.447 e. The number of nitrogens with two attached hydrogens (primary N) is 1. The molecule has 1 aromatic heterocycles. The molecule has 8 heteroatoms. The number of fused-ring (bicyclic) bond motifs is 1. The van der Waals surface area contributed by atoms with Gasteiger partial charge in [0.25, 0.3) is 5.91 Å². The van der Waals surface area contributed by atoms with Gasteiger partial charge in [-0.15, -0.1) is 11.3 Å². The van der Waals surface area contributed by atoms with E-state index in [0.29, 0.717) is 37.1 Å². The van der Waals surface area contributed by atoms with Crippen LogP contribution >= 0.6 is 11.3 Å². The number of piperazine rings is 1. The molecular formula is C12H16N4O3S. The Morgan fingerprint density at radius 1 is 1.60 bits per heavy atom. The molecule has 3 heterocycles. The normalized spacial score (nSPS) is 25.6. The van der Waals surface area contributed by atoms with E-state index in [2.05, 4.69) is 4.98 Å². The fraction of sp³-hybridized carbons (Fsp3) is 0.583. The molecule has 7 nitrogen and oxygen atoms in total. The summed E-state index contributed by atoms with van der Waals surface area (Å²) in [5.74, 6) is -0.134. The maximum atomic E-state index is 12.4. The fourth-order valence-electron chi connectivity index (χ4n) is 2.79. The molecule has 2 fully saturated rings. The zero-order valence-corrected chi connectivity index (χ0v) is 12.0. The van der Waals surface area contributed by atoms with Crippen molar-refractivity contribution in [1.82, 2.24) is 14.8 Å². The number of ether oxygens (including phenoxy) is 1. The SMILES string of the molecule is CCC12COC(=O)N1CCN(C(=O)c1csc(N)n1)C2. The molecule has 2 N–H and O–H groups in total. The van der Waals surface area contributed by atoms with Crippen molar-refractivity contribution in [2.24, 2.45) is 0 Å². The van der Waals surface area contributed by atoms with Crippen LogP contribution in [-0.2, 0) is 4.74 Å². The van der Waals surface area contributed by atoms with Crippen molar-refractivity contribution in [3.63, 3.8) is 0 Å². The van der Waals surface area contributed by atoms with Gasteiger partial charge in [0.15, 0.2) is 5.13 Å². The van der Waals surface area contributed by atoms with Crippen LogP contribution < -0.4 is 5.73 Å². The van der Waals surface area contributed by atoms with E-state index in [9.17, 15) is 9.59 Å². The topological polar surface area (TPSA) is 88.8 Å². The predicted octanol–water partition coefficient (Wildman–Crippen LogP) is 0.782. The van der Waals surface area contributed by atoms with E-state index in [1.54, 1.807) is 15.2 Å². The first-order valence-electron chi connectivity index (χ1n) is 6.50. The summed E-state index contributed by atoms with van der Waals surface area (Å²) in [5, 5.41) is 2.05. The first-order chi connectivity index (χ1) is 9.55. The van der Waals surface area contributed by atoms with Gasteiger partial charge in [0, 0.05) is 25.0 Å². The molecule has 0 spiro atoms. The standard InChI is InChI=1S/C12H16N4O3S/c1-2-12-6-15(3-4-16(12)11(18)19-7-12)9(17)8-5-20-10(13)14-8/h5H,2-4,6-7H2,1H3,(H2,13,14). The fourth-order valence-corrected chi connectivity index (χ4v) is 3.32. The van der Waals surface area contributed by atoms with Crippen LogP contribution in [0.15, 0.2) is 5.38 Å². The smallest absolute Gasteiger partial charge is 0.410 e. The Hall–Kier alpha value is -1.83. The molecular weight excluding hydrogens is 280 g/mol. The van der Waals surface area contributed by atoms with Gasteiger partial charge in [-0.2, -0.15) is 0 Å². The summed E-state index contributed by atoms with van der Waals surface area (Å²) in [5.41, 5.74) is 5.54. The molecule has 3 rings (SSSR count). The molecule has 2 aliphatic rings. The van der Waals surface area contributed by atoms with Gasteiger partial charge in [-0.1, -0.05) is 6.92 Å². The highest BCUT2D eigenvalue weighted by Gasteiger charge is 2.50. The number of amides is 2. The first kappa shape index (κ1) is 13.2. The van der Waals surface area contributed by atoms with Crippen LogP contribution in [-0.4, -0.2) is 58.6 Å². The molecule has 108 valence electrons. The summed E-state index contributed by atoms with van der Waals surface area (Å²) < 4.78 is 5.15. The molecule has 1 atom stereocenters. The summed E-state index contributed by atoms with van der Waals surface area (Å²) in [6.45, 7) is 3.81. The minimum absolute atomic E-state index is 0.134. The molecule has 1 aromatic rings. The van der Waals surface area contributed by atoms with E-state index >= 15 is 0 Å². The molecule has 0 saturated carbocycles. The second-order valence-electron chi connectivity index (χ2n) is 5.08. The van der Waals surface area contributed by atoms with Crippen LogP contribution in [0.4, 0.5) is 9.93 Å². The molecule has 0 aromatic carbocycles. The average Bonchev–Trinajstić information content (AvgIpc) is 3.03. The summed E-state index contributed by atoms with van der Waals surface area (Å²) in [6, 6.07) is 0. The Morgan fingerprint density at radius 2 is 2.40 bits per heavy atom. The Morgan fingerprint density at radius 3 is 3.05 bits per heavy atom. The highest BCUT2D eigenvalue weighted by atomic mass is 32.1. The maximum Gasteiger partial charge on any atom is 0.410 e. The molecule has 2 saturated heterocycles. The van der Waals surface area contributed by atoms with Gasteiger partial charge in [0.2, 0.25) is 0 Å². The summed E-state index contributed by atoms with van der Waals surface area (Å²) in [7, 11) is 0. The van der Waals surface area contributed by atoms with Crippen molar-refractivity contribution < 1.29 is 14.3 Å². The predicted molar refractivity (Wildman–Crippen MR) is 73.5 cm³/mol. The van der Waals surface area contributed by atoms with E-state index in [0.717, 1.165) is 6.42 Å². The van der Waals surface area contributed by atoms with Crippen molar-refractivity contribution in [2.45, 2.75) is 18.9 Å². The number of carbonyl (C=O) groups excluding carboxylic acids is 2. The number of carbonyl (C=O) groups is 2. The van der Waals surface area contributed by atoms with Gasteiger partial charge in [-0.25, -0.2) is 9.78 Å². The zero-order chi connectivity index (χ0) is 14.3. The maximum absolute atomic E-state index is 12.4. The lowest BCUT2D eigenvalue weighted by Crippen LogP contribution is -2.62. The summed E-state index contributed by atoms with van der Waals surface area (Å²) in [6.07, 6.45) is 0.471. The van der Waals surface area contributed by atoms with Crippen LogP contribution in [0.25, 0.3) is 0 Å². The van der Waals surface area contributed by atoms with Crippen LogP contribution in [0.1, 0.15) is 23.8 Å². The lowest BCUT2D eigenvalue weighted by atomic mass is 9.93. The number of hydrogen-bond donors (Lipinski definition) is 1. The lowest BCUT2D eigenvalue weighted by Gasteiger charge is -2.44. The Labute approximate surface area is 120 Å². The van der Waals surface area contributed by atoms with Crippen molar-refractivity contribution in [1.29, 1.82) is 0 Å². The van der Waals surface area contributed by atoms with Crippen LogP contribution in [0.2, 0.25) is 0 Å². The van der Waals surface area contributed by atoms with Crippen LogP contribution in [0, 0.1) is 0 Å². The number of cyclic esters (lactones) is 1. The Balaban J connectivity index is 1.80. The first-order valence-corrected chi connectivity index (χ1v) is 7.38. The van der Waals surface area contributed by atoms with E-state index in [1.807, 2.05) is 6.92 Å².